The number of carbonyl (C=O) groups excluding carboxylic acids is 1. The van der Waals surface area contributed by atoms with Gasteiger partial charge in [-0.3, -0.25) is 4.79 Å². The van der Waals surface area contributed by atoms with E-state index in [4.69, 9.17) is 4.98 Å². The van der Waals surface area contributed by atoms with E-state index in [1.54, 1.807) is 0 Å². The molecule has 0 fully saturated rings. The van der Waals surface area contributed by atoms with Crippen molar-refractivity contribution < 1.29 is 4.79 Å². The normalized spacial score (nSPS) is 13.3. The Bertz CT molecular complexity index is 1230. The second kappa shape index (κ2) is 7.17. The van der Waals surface area contributed by atoms with Crippen molar-refractivity contribution in [3.63, 3.8) is 0 Å². The summed E-state index contributed by atoms with van der Waals surface area (Å²) in [6.45, 7) is 2.82. The summed E-state index contributed by atoms with van der Waals surface area (Å²) in [6, 6.07) is 26.3. The van der Waals surface area contributed by atoms with Crippen LogP contribution in [0.1, 0.15) is 27.9 Å². The minimum Gasteiger partial charge on any atom is -0.308 e. The Morgan fingerprint density at radius 2 is 1.69 bits per heavy atom. The van der Waals surface area contributed by atoms with Gasteiger partial charge in [-0.15, -0.1) is 0 Å². The number of anilines is 1. The number of para-hydroxylation sites is 2. The molecule has 1 amide bonds. The Hall–Kier alpha value is -3.46. The Morgan fingerprint density at radius 1 is 0.931 bits per heavy atom. The molecular weight excluding hydrogens is 356 g/mol. The molecule has 29 heavy (non-hydrogen) atoms. The van der Waals surface area contributed by atoms with Crippen LogP contribution in [0.5, 0.6) is 0 Å². The maximum atomic E-state index is 13.7. The molecule has 5 rings (SSSR count). The summed E-state index contributed by atoms with van der Waals surface area (Å²) in [5.74, 6) is 0.0468. The molecule has 0 saturated carbocycles. The minimum absolute atomic E-state index is 0.0468. The molecule has 0 radical (unpaired) electrons. The highest BCUT2D eigenvalue weighted by molar-refractivity contribution is 6.14. The zero-order valence-corrected chi connectivity index (χ0v) is 16.4. The van der Waals surface area contributed by atoms with E-state index in [1.807, 2.05) is 59.5 Å². The summed E-state index contributed by atoms with van der Waals surface area (Å²) in [5.41, 5.74) is 6.89. The molecule has 0 spiro atoms. The van der Waals surface area contributed by atoms with Gasteiger partial charge in [-0.2, -0.15) is 0 Å². The maximum absolute atomic E-state index is 13.7. The quantitative estimate of drug-likeness (QED) is 0.441. The smallest absolute Gasteiger partial charge is 0.259 e. The highest BCUT2D eigenvalue weighted by Gasteiger charge is 2.25. The predicted molar refractivity (Wildman–Crippen MR) is 118 cm³/mol. The number of rotatable bonds is 2. The van der Waals surface area contributed by atoms with Crippen LogP contribution in [-0.4, -0.2) is 17.4 Å². The first kappa shape index (κ1) is 17.6. The van der Waals surface area contributed by atoms with Gasteiger partial charge in [0.1, 0.15) is 0 Å². The molecule has 142 valence electrons. The van der Waals surface area contributed by atoms with Crippen LogP contribution in [0.3, 0.4) is 0 Å². The summed E-state index contributed by atoms with van der Waals surface area (Å²) in [6.07, 6.45) is 2.00. The highest BCUT2D eigenvalue weighted by Crippen LogP contribution is 2.32. The van der Waals surface area contributed by atoms with Crippen LogP contribution in [0.4, 0.5) is 5.69 Å². The van der Waals surface area contributed by atoms with Crippen LogP contribution in [-0.2, 0) is 6.42 Å². The minimum atomic E-state index is 0.0468. The molecule has 3 aromatic carbocycles. The highest BCUT2D eigenvalue weighted by atomic mass is 16.2. The fraction of sp³-hybridized carbons (Fsp3) is 0.154. The summed E-state index contributed by atoms with van der Waals surface area (Å²) >= 11 is 0. The molecule has 2 heterocycles. The first-order valence-corrected chi connectivity index (χ1v) is 10.1. The number of nitrogens with zero attached hydrogens (tertiary/aromatic N) is 2. The van der Waals surface area contributed by atoms with E-state index >= 15 is 0 Å². The van der Waals surface area contributed by atoms with Gasteiger partial charge in [0.05, 0.1) is 16.8 Å². The topological polar surface area (TPSA) is 33.2 Å². The molecule has 1 aliphatic rings. The second-order valence-corrected chi connectivity index (χ2v) is 7.58. The molecule has 0 aliphatic carbocycles. The first-order valence-electron chi connectivity index (χ1n) is 10.1. The summed E-state index contributed by atoms with van der Waals surface area (Å²) in [4.78, 5) is 20.5. The van der Waals surface area contributed by atoms with Gasteiger partial charge in [-0.1, -0.05) is 60.7 Å². The fourth-order valence-corrected chi connectivity index (χ4v) is 4.24. The van der Waals surface area contributed by atoms with E-state index in [9.17, 15) is 4.79 Å². The van der Waals surface area contributed by atoms with Gasteiger partial charge in [0, 0.05) is 23.2 Å². The van der Waals surface area contributed by atoms with Crippen LogP contribution in [0.15, 0.2) is 78.9 Å². The average Bonchev–Trinajstić information content (AvgIpc) is 2.78. The Balaban J connectivity index is 1.69. The molecule has 3 nitrogen and oxygen atoms in total. The number of amides is 1. The van der Waals surface area contributed by atoms with Gasteiger partial charge in [0.25, 0.3) is 5.91 Å². The number of fused-ring (bicyclic) bond motifs is 2. The molecule has 0 saturated heterocycles. The van der Waals surface area contributed by atoms with Gasteiger partial charge in [-0.25, -0.2) is 4.98 Å². The fourth-order valence-electron chi connectivity index (χ4n) is 4.24. The van der Waals surface area contributed by atoms with Gasteiger partial charge >= 0.3 is 0 Å². The summed E-state index contributed by atoms with van der Waals surface area (Å²) in [7, 11) is 0. The lowest BCUT2D eigenvalue weighted by molar-refractivity contribution is 0.0986. The Morgan fingerprint density at radius 3 is 2.59 bits per heavy atom. The van der Waals surface area contributed by atoms with E-state index in [-0.39, 0.29) is 5.91 Å². The van der Waals surface area contributed by atoms with Gasteiger partial charge in [-0.05, 0) is 49.1 Å². The number of pyridine rings is 1. The number of hydrogen-bond donors (Lipinski definition) is 0. The zero-order valence-electron chi connectivity index (χ0n) is 16.4. The van der Waals surface area contributed by atoms with Crippen molar-refractivity contribution in [3.8, 4) is 11.3 Å². The van der Waals surface area contributed by atoms with Gasteiger partial charge in [0.2, 0.25) is 0 Å². The Kier molecular flexibility index (Phi) is 4.36. The van der Waals surface area contributed by atoms with Gasteiger partial charge < -0.3 is 4.90 Å². The molecule has 4 aromatic rings. The molecule has 0 N–H and O–H groups in total. The van der Waals surface area contributed by atoms with Crippen LogP contribution >= 0.6 is 0 Å². The number of benzene rings is 3. The van der Waals surface area contributed by atoms with Crippen LogP contribution in [0, 0.1) is 6.92 Å². The number of aromatic nitrogens is 1. The van der Waals surface area contributed by atoms with E-state index in [2.05, 4.69) is 31.2 Å². The summed E-state index contributed by atoms with van der Waals surface area (Å²) in [5, 5.41) is 0.901. The predicted octanol–water partition coefficient (Wildman–Crippen LogP) is 5.80. The lowest BCUT2D eigenvalue weighted by atomic mass is 9.98. The number of aryl methyl sites for hydroxylation is 2. The van der Waals surface area contributed by atoms with E-state index in [0.717, 1.165) is 52.8 Å². The average molecular weight is 378 g/mol. The third-order valence-corrected chi connectivity index (χ3v) is 5.72. The standard InChI is InChI=1S/C26H22N2O/c1-18-9-2-4-12-20(18)24-17-22(21-13-5-6-14-23(21)27-24)26(29)28-16-8-11-19-10-3-7-15-25(19)28/h2-7,9-10,12-15,17H,8,11,16H2,1H3. The summed E-state index contributed by atoms with van der Waals surface area (Å²) < 4.78 is 0. The van der Waals surface area contributed by atoms with Crippen molar-refractivity contribution in [2.24, 2.45) is 0 Å². The third-order valence-electron chi connectivity index (χ3n) is 5.72. The van der Waals surface area contributed by atoms with Crippen LogP contribution in [0.25, 0.3) is 22.2 Å². The van der Waals surface area contributed by atoms with Gasteiger partial charge in [0.15, 0.2) is 0 Å². The SMILES string of the molecule is Cc1ccccc1-c1cc(C(=O)N2CCCc3ccccc32)c2ccccc2n1. The van der Waals surface area contributed by atoms with Crippen molar-refractivity contribution in [2.75, 3.05) is 11.4 Å². The molecule has 0 unspecified atom stereocenters. The molecule has 1 aromatic heterocycles. The first-order chi connectivity index (χ1) is 14.2. The van der Waals surface area contributed by atoms with Crippen molar-refractivity contribution in [2.45, 2.75) is 19.8 Å². The largest absolute Gasteiger partial charge is 0.308 e. The molecule has 0 bridgehead atoms. The monoisotopic (exact) mass is 378 g/mol. The van der Waals surface area contributed by atoms with E-state index < -0.39 is 0 Å². The van der Waals surface area contributed by atoms with Crippen molar-refractivity contribution in [1.82, 2.24) is 4.98 Å². The van der Waals surface area contributed by atoms with Crippen molar-refractivity contribution in [3.05, 3.63) is 95.6 Å². The zero-order chi connectivity index (χ0) is 19.8. The molecule has 3 heteroatoms. The maximum Gasteiger partial charge on any atom is 0.259 e. The lowest BCUT2D eigenvalue weighted by Gasteiger charge is -2.30. The van der Waals surface area contributed by atoms with Crippen molar-refractivity contribution in [1.29, 1.82) is 0 Å². The number of hydrogen-bond acceptors (Lipinski definition) is 2. The van der Waals surface area contributed by atoms with Crippen LogP contribution < -0.4 is 4.90 Å². The molecule has 0 atom stereocenters. The second-order valence-electron chi connectivity index (χ2n) is 7.58. The van der Waals surface area contributed by atoms with E-state index in [1.165, 1.54) is 5.56 Å². The number of carbonyl (C=O) groups is 1. The Labute approximate surface area is 170 Å². The third kappa shape index (κ3) is 3.09. The molecular formula is C26H22N2O. The lowest BCUT2D eigenvalue weighted by Crippen LogP contribution is -2.35. The van der Waals surface area contributed by atoms with E-state index in [0.29, 0.717) is 5.56 Å². The van der Waals surface area contributed by atoms with Crippen LogP contribution in [0.2, 0.25) is 0 Å². The molecule has 1 aliphatic heterocycles. The van der Waals surface area contributed by atoms with Crippen molar-refractivity contribution >= 4 is 22.5 Å².